The fourth-order valence-electron chi connectivity index (χ4n) is 3.15. The normalized spacial score (nSPS) is 22.8. The van der Waals surface area contributed by atoms with Crippen molar-refractivity contribution in [3.8, 4) is 5.75 Å². The standard InChI is InChI=1S/C17H25ClNO6P/c1-3-4-5-13-24-19-12-6-11-17(19,16(20)25-26(18,21)22)14-7-9-15(23-2)10-8-14/h7-10H,3-6,11-13H2,1-2H3,(H,21,22)/t17-/m1/s1. The van der Waals surface area contributed by atoms with Crippen molar-refractivity contribution in [3.05, 3.63) is 29.8 Å². The number of carbonyl (C=O) groups excluding carboxylic acids is 1. The van der Waals surface area contributed by atoms with Gasteiger partial charge in [-0.3, -0.25) is 4.84 Å². The van der Waals surface area contributed by atoms with Gasteiger partial charge in [0.05, 0.1) is 13.7 Å². The minimum atomic E-state index is -4.50. The van der Waals surface area contributed by atoms with E-state index in [9.17, 15) is 14.3 Å². The van der Waals surface area contributed by atoms with Gasteiger partial charge >= 0.3 is 12.9 Å². The van der Waals surface area contributed by atoms with Gasteiger partial charge in [0.25, 0.3) is 0 Å². The van der Waals surface area contributed by atoms with Gasteiger partial charge in [-0.25, -0.2) is 9.36 Å². The summed E-state index contributed by atoms with van der Waals surface area (Å²) in [7, 11) is 1.55. The molecule has 0 spiro atoms. The smallest absolute Gasteiger partial charge is 0.476 e. The molecule has 2 rings (SSSR count). The lowest BCUT2D eigenvalue weighted by atomic mass is 9.88. The topological polar surface area (TPSA) is 85.3 Å². The first-order valence-electron chi connectivity index (χ1n) is 8.65. The van der Waals surface area contributed by atoms with Crippen LogP contribution < -0.4 is 4.74 Å². The Hall–Kier alpha value is -1.11. The maximum absolute atomic E-state index is 12.8. The number of hydroxylamine groups is 2. The Bertz CT molecular complexity index is 649. The van der Waals surface area contributed by atoms with E-state index >= 15 is 0 Å². The number of unbranched alkanes of at least 4 members (excludes halogenated alkanes) is 2. The highest BCUT2D eigenvalue weighted by molar-refractivity contribution is 7.80. The van der Waals surface area contributed by atoms with Crippen LogP contribution in [0, 0.1) is 0 Å². The van der Waals surface area contributed by atoms with Crippen molar-refractivity contribution in [2.24, 2.45) is 0 Å². The SMILES string of the molecule is CCCCCON1CCC[C@]1(C(=O)OP(=O)(O)Cl)c1ccc(OC)cc1. The number of benzene rings is 1. The van der Waals surface area contributed by atoms with Gasteiger partial charge in [-0.05, 0) is 37.0 Å². The molecule has 2 atom stereocenters. The zero-order chi connectivity index (χ0) is 19.2. The Labute approximate surface area is 158 Å². The Morgan fingerprint density at radius 3 is 2.62 bits per heavy atom. The van der Waals surface area contributed by atoms with Crippen LogP contribution >= 0.6 is 18.2 Å². The Morgan fingerprint density at radius 1 is 1.35 bits per heavy atom. The van der Waals surface area contributed by atoms with Crippen molar-refractivity contribution in [2.75, 3.05) is 20.3 Å². The molecule has 1 heterocycles. The molecule has 146 valence electrons. The molecule has 7 nitrogen and oxygen atoms in total. The lowest BCUT2D eigenvalue weighted by Crippen LogP contribution is -2.48. The number of hydrogen-bond acceptors (Lipinski definition) is 6. The van der Waals surface area contributed by atoms with Crippen LogP contribution in [0.5, 0.6) is 5.75 Å². The zero-order valence-corrected chi connectivity index (χ0v) is 16.7. The third-order valence-corrected chi connectivity index (χ3v) is 5.02. The van der Waals surface area contributed by atoms with E-state index in [4.69, 9.17) is 20.8 Å². The highest BCUT2D eigenvalue weighted by atomic mass is 35.7. The molecule has 1 N–H and O–H groups in total. The second kappa shape index (κ2) is 9.20. The summed E-state index contributed by atoms with van der Waals surface area (Å²) in [5.41, 5.74) is -0.715. The highest BCUT2D eigenvalue weighted by Gasteiger charge is 2.53. The van der Waals surface area contributed by atoms with E-state index in [0.29, 0.717) is 37.3 Å². The van der Waals surface area contributed by atoms with Gasteiger partial charge < -0.3 is 14.2 Å². The maximum Gasteiger partial charge on any atom is 0.476 e. The lowest BCUT2D eigenvalue weighted by molar-refractivity contribution is -0.216. The molecule has 1 aromatic carbocycles. The fourth-order valence-corrected chi connectivity index (χ4v) is 3.69. The van der Waals surface area contributed by atoms with E-state index in [2.05, 4.69) is 11.4 Å². The summed E-state index contributed by atoms with van der Waals surface area (Å²) in [4.78, 5) is 28.0. The van der Waals surface area contributed by atoms with Crippen molar-refractivity contribution >= 4 is 24.2 Å². The van der Waals surface area contributed by atoms with Gasteiger partial charge in [-0.2, -0.15) is 5.06 Å². The van der Waals surface area contributed by atoms with Crippen LogP contribution in [0.1, 0.15) is 44.6 Å². The summed E-state index contributed by atoms with van der Waals surface area (Å²) >= 11 is 5.29. The second-order valence-corrected chi connectivity index (χ2v) is 8.53. The third kappa shape index (κ3) is 4.99. The Morgan fingerprint density at radius 2 is 2.04 bits per heavy atom. The van der Waals surface area contributed by atoms with Gasteiger partial charge in [0.1, 0.15) is 5.75 Å². The summed E-state index contributed by atoms with van der Waals surface area (Å²) < 4.78 is 21.3. The van der Waals surface area contributed by atoms with E-state index in [0.717, 1.165) is 19.3 Å². The van der Waals surface area contributed by atoms with Crippen LogP contribution in [0.15, 0.2) is 24.3 Å². The first kappa shape index (κ1) is 21.2. The molecule has 1 aliphatic heterocycles. The van der Waals surface area contributed by atoms with E-state index < -0.39 is 18.5 Å². The van der Waals surface area contributed by atoms with Crippen LogP contribution in [0.25, 0.3) is 0 Å². The number of halogens is 1. The fraction of sp³-hybridized carbons (Fsp3) is 0.588. The lowest BCUT2D eigenvalue weighted by Gasteiger charge is -2.35. The van der Waals surface area contributed by atoms with Gasteiger partial charge in [0.2, 0.25) is 0 Å². The van der Waals surface area contributed by atoms with Crippen molar-refractivity contribution in [1.29, 1.82) is 0 Å². The molecule has 1 fully saturated rings. The minimum Gasteiger partial charge on any atom is -0.497 e. The molecule has 1 saturated heterocycles. The van der Waals surface area contributed by atoms with Crippen molar-refractivity contribution in [3.63, 3.8) is 0 Å². The maximum atomic E-state index is 12.8. The van der Waals surface area contributed by atoms with Crippen LogP contribution in [-0.4, -0.2) is 36.2 Å². The van der Waals surface area contributed by atoms with Gasteiger partial charge in [-0.1, -0.05) is 31.9 Å². The summed E-state index contributed by atoms with van der Waals surface area (Å²) in [5.74, 6) is -0.257. The quantitative estimate of drug-likeness (QED) is 0.491. The predicted molar refractivity (Wildman–Crippen MR) is 97.9 cm³/mol. The van der Waals surface area contributed by atoms with E-state index in [1.807, 2.05) is 0 Å². The van der Waals surface area contributed by atoms with E-state index in [1.165, 1.54) is 0 Å². The summed E-state index contributed by atoms with van der Waals surface area (Å²) in [6.45, 7) is -1.45. The molecule has 0 bridgehead atoms. The number of rotatable bonds is 9. The first-order valence-corrected chi connectivity index (χ1v) is 11.1. The van der Waals surface area contributed by atoms with Crippen LogP contribution in [0.2, 0.25) is 0 Å². The predicted octanol–water partition coefficient (Wildman–Crippen LogP) is 3.99. The second-order valence-electron chi connectivity index (χ2n) is 6.16. The highest BCUT2D eigenvalue weighted by Crippen LogP contribution is 2.51. The molecule has 0 saturated carbocycles. The van der Waals surface area contributed by atoms with Gasteiger partial charge in [-0.15, -0.1) is 0 Å². The van der Waals surface area contributed by atoms with Crippen molar-refractivity contribution in [1.82, 2.24) is 5.06 Å². The van der Waals surface area contributed by atoms with Gasteiger partial charge in [0, 0.05) is 17.8 Å². The Balaban J connectivity index is 2.33. The number of nitrogens with zero attached hydrogens (tertiary/aromatic N) is 1. The summed E-state index contributed by atoms with van der Waals surface area (Å²) in [6, 6.07) is 6.89. The van der Waals surface area contributed by atoms with Crippen molar-refractivity contribution in [2.45, 2.75) is 44.6 Å². The first-order chi connectivity index (χ1) is 12.3. The molecular formula is C17H25ClNO6P. The molecule has 1 unspecified atom stereocenters. The molecule has 1 aromatic rings. The number of ether oxygens (including phenoxy) is 1. The summed E-state index contributed by atoms with van der Waals surface area (Å²) in [5, 5.41) is 1.55. The van der Waals surface area contributed by atoms with Crippen molar-refractivity contribution < 1.29 is 28.4 Å². The number of hydrogen-bond donors (Lipinski definition) is 1. The third-order valence-electron chi connectivity index (χ3n) is 4.42. The van der Waals surface area contributed by atoms with Crippen LogP contribution in [0.4, 0.5) is 0 Å². The molecule has 26 heavy (non-hydrogen) atoms. The average molecular weight is 406 g/mol. The zero-order valence-electron chi connectivity index (χ0n) is 15.0. The molecular weight excluding hydrogens is 381 g/mol. The number of methoxy groups -OCH3 is 1. The molecule has 0 amide bonds. The van der Waals surface area contributed by atoms with Gasteiger partial charge in [0.15, 0.2) is 5.54 Å². The number of carbonyl (C=O) groups is 1. The molecule has 0 aromatic heterocycles. The average Bonchev–Trinajstić information content (AvgIpc) is 3.02. The van der Waals surface area contributed by atoms with Crippen LogP contribution in [0.3, 0.4) is 0 Å². The minimum absolute atomic E-state index is 0.392. The molecule has 0 radical (unpaired) electrons. The molecule has 9 heteroatoms. The largest absolute Gasteiger partial charge is 0.497 e. The molecule has 1 aliphatic rings. The molecule has 0 aliphatic carbocycles. The Kier molecular flexibility index (Phi) is 7.50. The van der Waals surface area contributed by atoms with E-state index in [-0.39, 0.29) is 0 Å². The van der Waals surface area contributed by atoms with E-state index in [1.54, 1.807) is 36.4 Å². The van der Waals surface area contributed by atoms with Crippen LogP contribution in [-0.2, 0) is 24.3 Å². The monoisotopic (exact) mass is 405 g/mol. The summed E-state index contributed by atoms with van der Waals surface area (Å²) in [6.07, 6.45) is 3.99.